The Bertz CT molecular complexity index is 1110. The van der Waals surface area contributed by atoms with Gasteiger partial charge in [0.1, 0.15) is 22.9 Å². The zero-order valence-corrected chi connectivity index (χ0v) is 17.9. The molecule has 0 aliphatic heterocycles. The zero-order chi connectivity index (χ0) is 22.9. The number of rotatable bonds is 10. The highest BCUT2D eigenvalue weighted by Crippen LogP contribution is 2.37. The van der Waals surface area contributed by atoms with Crippen molar-refractivity contribution < 1.29 is 22.4 Å². The second-order valence-corrected chi connectivity index (χ2v) is 7.63. The molecule has 0 radical (unpaired) electrons. The quantitative estimate of drug-likeness (QED) is 0.184. The van der Waals surface area contributed by atoms with Gasteiger partial charge >= 0.3 is 0 Å². The first kappa shape index (κ1) is 23.5. The summed E-state index contributed by atoms with van der Waals surface area (Å²) in [5.74, 6) is 0.456. The molecule has 0 aliphatic carbocycles. The maximum atomic E-state index is 10.8. The Morgan fingerprint density at radius 2 is 1.61 bits per heavy atom. The number of methoxy groups -OCH3 is 2. The summed E-state index contributed by atoms with van der Waals surface area (Å²) in [7, 11) is 0.450. The summed E-state index contributed by atoms with van der Waals surface area (Å²) in [5.41, 5.74) is 4.58. The van der Waals surface area contributed by atoms with Crippen LogP contribution in [0.25, 0.3) is 11.1 Å². The second-order valence-electron chi connectivity index (χ2n) is 6.05. The number of benzene rings is 2. The fourth-order valence-electron chi connectivity index (χ4n) is 2.40. The van der Waals surface area contributed by atoms with Crippen molar-refractivity contribution in [2.45, 2.75) is 0 Å². The monoisotopic (exact) mass is 447 g/mol. The van der Waals surface area contributed by atoms with Crippen LogP contribution < -0.4 is 14.9 Å². The van der Waals surface area contributed by atoms with Crippen LogP contribution in [-0.4, -0.2) is 51.5 Å². The molecule has 0 spiro atoms. The van der Waals surface area contributed by atoms with Crippen LogP contribution in [0, 0.1) is 11.5 Å². The first-order valence-corrected chi connectivity index (χ1v) is 10.4. The van der Waals surface area contributed by atoms with Gasteiger partial charge in [-0.3, -0.25) is 9.56 Å². The van der Waals surface area contributed by atoms with Crippen molar-refractivity contribution in [2.75, 3.05) is 33.6 Å². The van der Waals surface area contributed by atoms with E-state index in [1.165, 1.54) is 26.3 Å². The average molecular weight is 447 g/mol. The third-order valence-electron chi connectivity index (χ3n) is 3.93. The lowest BCUT2D eigenvalue weighted by Gasteiger charge is -2.11. The van der Waals surface area contributed by atoms with E-state index in [1.807, 2.05) is 12.1 Å². The number of nitriles is 1. The largest absolute Gasteiger partial charge is 0.494 e. The predicted molar refractivity (Wildman–Crippen MR) is 112 cm³/mol. The van der Waals surface area contributed by atoms with Crippen molar-refractivity contribution in [3.05, 3.63) is 36.4 Å². The number of hydrogen-bond donors (Lipinski definition) is 2. The normalized spacial score (nSPS) is 11.5. The minimum atomic E-state index is -4.08. The summed E-state index contributed by atoms with van der Waals surface area (Å²) >= 11 is 0. The lowest BCUT2D eigenvalue weighted by molar-refractivity contribution is 0.345. The topological polar surface area (TPSA) is 161 Å². The van der Waals surface area contributed by atoms with Crippen LogP contribution in [0.3, 0.4) is 0 Å². The van der Waals surface area contributed by atoms with E-state index in [1.54, 1.807) is 30.5 Å². The standard InChI is InChI=1S/C18H21N7O5S/c1-25(8-9-31(26,27)28)24-22-16-7-5-14(11-18(16)30-3)13-4-6-15(17(10-13)29-2)21-23-20-12-19/h4-7,10-11H,8-9H2,1-3H3,(H,20,21)(H,26,27,28). The van der Waals surface area contributed by atoms with Crippen molar-refractivity contribution in [1.82, 2.24) is 10.4 Å². The van der Waals surface area contributed by atoms with Gasteiger partial charge in [0.05, 0.1) is 26.5 Å². The summed E-state index contributed by atoms with van der Waals surface area (Å²) < 4.78 is 41.2. The van der Waals surface area contributed by atoms with Crippen molar-refractivity contribution in [2.24, 2.45) is 20.7 Å². The van der Waals surface area contributed by atoms with Crippen molar-refractivity contribution in [1.29, 1.82) is 5.26 Å². The Morgan fingerprint density at radius 1 is 1.06 bits per heavy atom. The van der Waals surface area contributed by atoms with Gasteiger partial charge in [-0.15, -0.1) is 10.2 Å². The lowest BCUT2D eigenvalue weighted by Crippen LogP contribution is -2.20. The molecule has 2 rings (SSSR count). The maximum absolute atomic E-state index is 10.8. The van der Waals surface area contributed by atoms with Crippen molar-refractivity contribution in [3.63, 3.8) is 0 Å². The molecule has 0 unspecified atom stereocenters. The van der Waals surface area contributed by atoms with E-state index in [4.69, 9.17) is 19.3 Å². The van der Waals surface area contributed by atoms with E-state index in [-0.39, 0.29) is 6.54 Å². The molecule has 2 aromatic carbocycles. The highest BCUT2D eigenvalue weighted by Gasteiger charge is 2.10. The van der Waals surface area contributed by atoms with E-state index in [2.05, 4.69) is 26.1 Å². The number of nitrogens with zero attached hydrogens (tertiary/aromatic N) is 6. The van der Waals surface area contributed by atoms with Crippen LogP contribution in [0.2, 0.25) is 0 Å². The summed E-state index contributed by atoms with van der Waals surface area (Å²) in [5, 5.41) is 25.1. The van der Waals surface area contributed by atoms with E-state index < -0.39 is 15.9 Å². The zero-order valence-electron chi connectivity index (χ0n) is 17.1. The summed E-state index contributed by atoms with van der Waals surface area (Å²) in [4.78, 5) is 0. The molecule has 2 N–H and O–H groups in total. The van der Waals surface area contributed by atoms with Crippen LogP contribution in [0.15, 0.2) is 57.1 Å². The van der Waals surface area contributed by atoms with Crippen LogP contribution in [0.1, 0.15) is 0 Å². The van der Waals surface area contributed by atoms with Crippen molar-refractivity contribution in [3.8, 4) is 28.8 Å². The molecule has 0 saturated carbocycles. The average Bonchev–Trinajstić information content (AvgIpc) is 2.76. The molecular formula is C18H21N7O5S. The van der Waals surface area contributed by atoms with E-state index in [0.29, 0.717) is 22.9 Å². The van der Waals surface area contributed by atoms with Crippen molar-refractivity contribution >= 4 is 21.5 Å². The molecule has 0 atom stereocenters. The molecule has 0 bridgehead atoms. The van der Waals surface area contributed by atoms with E-state index >= 15 is 0 Å². The Kier molecular flexibility index (Phi) is 8.24. The SMILES string of the molecule is COc1cc(-c2ccc(N=NN(C)CCS(=O)(=O)O)c(OC)c2)ccc1N=NNC#N. The lowest BCUT2D eigenvalue weighted by atomic mass is 10.0. The van der Waals surface area contributed by atoms with Gasteiger partial charge in [0, 0.05) is 7.05 Å². The van der Waals surface area contributed by atoms with Gasteiger partial charge in [-0.1, -0.05) is 22.6 Å². The van der Waals surface area contributed by atoms with Gasteiger partial charge in [-0.05, 0) is 35.4 Å². The van der Waals surface area contributed by atoms with Gasteiger partial charge < -0.3 is 9.47 Å². The van der Waals surface area contributed by atoms with Gasteiger partial charge in [-0.2, -0.15) is 19.1 Å². The fraction of sp³-hybridized carbons (Fsp3) is 0.278. The van der Waals surface area contributed by atoms with Gasteiger partial charge in [0.15, 0.2) is 6.19 Å². The molecule has 0 heterocycles. The van der Waals surface area contributed by atoms with Gasteiger partial charge in [0.2, 0.25) is 0 Å². The first-order valence-electron chi connectivity index (χ1n) is 8.76. The molecule has 164 valence electrons. The van der Waals surface area contributed by atoms with E-state index in [0.717, 1.165) is 11.1 Å². The van der Waals surface area contributed by atoms with Gasteiger partial charge in [0.25, 0.3) is 10.1 Å². The predicted octanol–water partition coefficient (Wildman–Crippen LogP) is 3.26. The molecule has 0 fully saturated rings. The molecule has 0 amide bonds. The third-order valence-corrected chi connectivity index (χ3v) is 4.63. The number of hydrogen-bond acceptors (Lipinski definition) is 9. The summed E-state index contributed by atoms with van der Waals surface area (Å²) in [6, 6.07) is 10.5. The molecule has 12 nitrogen and oxygen atoms in total. The van der Waals surface area contributed by atoms with Crippen LogP contribution in [0.4, 0.5) is 11.4 Å². The number of nitrogens with one attached hydrogen (secondary N) is 1. The minimum absolute atomic E-state index is 0.0178. The Labute approximate surface area is 179 Å². The summed E-state index contributed by atoms with van der Waals surface area (Å²) in [6.45, 7) is -0.0178. The van der Waals surface area contributed by atoms with Crippen LogP contribution >= 0.6 is 0 Å². The molecule has 31 heavy (non-hydrogen) atoms. The Balaban J connectivity index is 2.24. The molecule has 0 aliphatic rings. The van der Waals surface area contributed by atoms with Crippen LogP contribution in [-0.2, 0) is 10.1 Å². The van der Waals surface area contributed by atoms with Gasteiger partial charge in [-0.25, -0.2) is 0 Å². The second kappa shape index (κ2) is 10.9. The molecule has 13 heteroatoms. The highest BCUT2D eigenvalue weighted by molar-refractivity contribution is 7.85. The molecule has 0 saturated heterocycles. The first-order chi connectivity index (χ1) is 14.8. The minimum Gasteiger partial charge on any atom is -0.494 e. The fourth-order valence-corrected chi connectivity index (χ4v) is 2.89. The summed E-state index contributed by atoms with van der Waals surface area (Å²) in [6.07, 6.45) is 1.64. The Hall–Kier alpha value is -3.76. The van der Waals surface area contributed by atoms with Crippen LogP contribution in [0.5, 0.6) is 11.5 Å². The molecule has 2 aromatic rings. The Morgan fingerprint density at radius 3 is 2.10 bits per heavy atom. The molecule has 0 aromatic heterocycles. The molecular weight excluding hydrogens is 426 g/mol. The highest BCUT2D eigenvalue weighted by atomic mass is 32.2. The maximum Gasteiger partial charge on any atom is 0.266 e. The number of ether oxygens (including phenoxy) is 2. The van der Waals surface area contributed by atoms with E-state index in [9.17, 15) is 8.42 Å². The smallest absolute Gasteiger partial charge is 0.266 e. The third kappa shape index (κ3) is 7.21.